The number of aliphatic carboxylic acids is 1. The minimum atomic E-state index is -1.10. The molecule has 0 spiro atoms. The average Bonchev–Trinajstić information content (AvgIpc) is 2.32. The van der Waals surface area contributed by atoms with Gasteiger partial charge < -0.3 is 5.11 Å². The third-order valence-corrected chi connectivity index (χ3v) is 2.93. The van der Waals surface area contributed by atoms with E-state index in [2.05, 4.69) is 11.2 Å². The van der Waals surface area contributed by atoms with Gasteiger partial charge in [0.2, 0.25) is 0 Å². The molecule has 1 atom stereocenters. The van der Waals surface area contributed by atoms with E-state index in [0.717, 1.165) is 11.1 Å². The molecular formula is C14H17NO2. The Balaban J connectivity index is 3.17. The molecule has 1 unspecified atom stereocenters. The molecule has 0 aliphatic carbocycles. The molecule has 0 heterocycles. The molecule has 0 aromatic heterocycles. The van der Waals surface area contributed by atoms with Gasteiger partial charge in [-0.25, -0.2) is 4.79 Å². The van der Waals surface area contributed by atoms with Gasteiger partial charge in [0, 0.05) is 0 Å². The molecule has 90 valence electrons. The highest BCUT2D eigenvalue weighted by Gasteiger charge is 2.37. The third-order valence-electron chi connectivity index (χ3n) is 2.93. The number of terminal acetylenes is 1. The standard InChI is InChI=1S/C14H17NO2/c1-4-10-15-14(5-2,13(16)17)12-8-6-11(3)7-9-12/h1,6-9,15H,5,10H2,2-3H3,(H,16,17). The van der Waals surface area contributed by atoms with E-state index in [-0.39, 0.29) is 6.54 Å². The van der Waals surface area contributed by atoms with Crippen LogP contribution < -0.4 is 5.32 Å². The zero-order valence-corrected chi connectivity index (χ0v) is 10.2. The van der Waals surface area contributed by atoms with Gasteiger partial charge in [-0.3, -0.25) is 5.32 Å². The Labute approximate surface area is 102 Å². The number of nitrogens with one attached hydrogen (secondary N) is 1. The smallest absolute Gasteiger partial charge is 0.328 e. The summed E-state index contributed by atoms with van der Waals surface area (Å²) in [5.41, 5.74) is 0.731. The molecule has 0 fully saturated rings. The monoisotopic (exact) mass is 231 g/mol. The maximum absolute atomic E-state index is 11.5. The van der Waals surface area contributed by atoms with E-state index < -0.39 is 11.5 Å². The number of carboxylic acid groups (broad SMARTS) is 1. The minimum absolute atomic E-state index is 0.230. The van der Waals surface area contributed by atoms with Crippen LogP contribution in [0, 0.1) is 19.3 Å². The number of benzene rings is 1. The summed E-state index contributed by atoms with van der Waals surface area (Å²) >= 11 is 0. The molecule has 1 aromatic rings. The van der Waals surface area contributed by atoms with Crippen LogP contribution in [0.1, 0.15) is 24.5 Å². The predicted octanol–water partition coefficient (Wildman–Crippen LogP) is 1.91. The maximum atomic E-state index is 11.5. The van der Waals surface area contributed by atoms with Crippen LogP contribution in [0.5, 0.6) is 0 Å². The van der Waals surface area contributed by atoms with E-state index in [1.807, 2.05) is 38.1 Å². The van der Waals surface area contributed by atoms with Gasteiger partial charge in [0.15, 0.2) is 0 Å². The highest BCUT2D eigenvalue weighted by molar-refractivity contribution is 5.80. The second-order valence-electron chi connectivity index (χ2n) is 3.99. The van der Waals surface area contributed by atoms with Crippen molar-refractivity contribution in [1.82, 2.24) is 5.32 Å². The fourth-order valence-corrected chi connectivity index (χ4v) is 1.82. The molecule has 1 aromatic carbocycles. The second-order valence-corrected chi connectivity index (χ2v) is 3.99. The Hall–Kier alpha value is -1.79. The molecule has 2 N–H and O–H groups in total. The molecule has 0 saturated heterocycles. The van der Waals surface area contributed by atoms with Crippen molar-refractivity contribution in [3.63, 3.8) is 0 Å². The van der Waals surface area contributed by atoms with Crippen LogP contribution in [0.2, 0.25) is 0 Å². The molecule has 0 amide bonds. The largest absolute Gasteiger partial charge is 0.480 e. The summed E-state index contributed by atoms with van der Waals surface area (Å²) in [5.74, 6) is 1.52. The van der Waals surface area contributed by atoms with Crippen LogP contribution in [-0.4, -0.2) is 17.6 Å². The Morgan fingerprint density at radius 3 is 2.47 bits per heavy atom. The Morgan fingerprint density at radius 1 is 1.47 bits per heavy atom. The first kappa shape index (κ1) is 13.3. The minimum Gasteiger partial charge on any atom is -0.480 e. The van der Waals surface area contributed by atoms with Gasteiger partial charge in [0.1, 0.15) is 5.54 Å². The molecule has 0 bridgehead atoms. The van der Waals surface area contributed by atoms with Crippen molar-refractivity contribution < 1.29 is 9.90 Å². The van der Waals surface area contributed by atoms with Gasteiger partial charge in [0.25, 0.3) is 0 Å². The summed E-state index contributed by atoms with van der Waals surface area (Å²) in [5, 5.41) is 12.4. The van der Waals surface area contributed by atoms with Crippen LogP contribution in [0.4, 0.5) is 0 Å². The number of rotatable bonds is 5. The molecule has 1 rings (SSSR count). The Kier molecular flexibility index (Phi) is 4.30. The second kappa shape index (κ2) is 5.51. The lowest BCUT2D eigenvalue weighted by atomic mass is 9.86. The zero-order chi connectivity index (χ0) is 12.9. The molecule has 17 heavy (non-hydrogen) atoms. The third kappa shape index (κ3) is 2.66. The lowest BCUT2D eigenvalue weighted by Gasteiger charge is -2.29. The first-order valence-electron chi connectivity index (χ1n) is 5.56. The summed E-state index contributed by atoms with van der Waals surface area (Å²) in [6, 6.07) is 7.47. The van der Waals surface area contributed by atoms with Crippen LogP contribution in [-0.2, 0) is 10.3 Å². The molecule has 3 heteroatoms. The number of carboxylic acids is 1. The maximum Gasteiger partial charge on any atom is 0.328 e. The quantitative estimate of drug-likeness (QED) is 0.761. The number of hydrogen-bond donors (Lipinski definition) is 2. The highest BCUT2D eigenvalue weighted by Crippen LogP contribution is 2.25. The average molecular weight is 231 g/mol. The number of carbonyl (C=O) groups is 1. The van der Waals surface area contributed by atoms with Crippen molar-refractivity contribution in [2.75, 3.05) is 6.54 Å². The molecule has 0 radical (unpaired) electrons. The van der Waals surface area contributed by atoms with E-state index in [1.54, 1.807) is 0 Å². The summed E-state index contributed by atoms with van der Waals surface area (Å²) < 4.78 is 0. The SMILES string of the molecule is C#CCNC(CC)(C(=O)O)c1ccc(C)cc1. The van der Waals surface area contributed by atoms with E-state index >= 15 is 0 Å². The molecular weight excluding hydrogens is 214 g/mol. The van der Waals surface area contributed by atoms with Gasteiger partial charge >= 0.3 is 5.97 Å². The lowest BCUT2D eigenvalue weighted by Crippen LogP contribution is -2.49. The molecule has 0 aliphatic heterocycles. The van der Waals surface area contributed by atoms with Crippen molar-refractivity contribution in [2.45, 2.75) is 25.8 Å². The molecule has 0 saturated carbocycles. The first-order valence-corrected chi connectivity index (χ1v) is 5.56. The Bertz CT molecular complexity index is 431. The van der Waals surface area contributed by atoms with Crippen LogP contribution in [0.15, 0.2) is 24.3 Å². The number of hydrogen-bond acceptors (Lipinski definition) is 2. The summed E-state index contributed by atoms with van der Waals surface area (Å²) in [6.45, 7) is 4.03. The summed E-state index contributed by atoms with van der Waals surface area (Å²) in [4.78, 5) is 11.5. The number of aryl methyl sites for hydroxylation is 1. The van der Waals surface area contributed by atoms with E-state index in [1.165, 1.54) is 0 Å². The molecule has 0 aliphatic rings. The van der Waals surface area contributed by atoms with Crippen molar-refractivity contribution >= 4 is 5.97 Å². The van der Waals surface area contributed by atoms with Crippen molar-refractivity contribution in [1.29, 1.82) is 0 Å². The van der Waals surface area contributed by atoms with Gasteiger partial charge in [-0.15, -0.1) is 6.42 Å². The van der Waals surface area contributed by atoms with Crippen molar-refractivity contribution in [3.8, 4) is 12.3 Å². The van der Waals surface area contributed by atoms with Gasteiger partial charge in [-0.1, -0.05) is 42.7 Å². The van der Waals surface area contributed by atoms with E-state index in [0.29, 0.717) is 6.42 Å². The van der Waals surface area contributed by atoms with Crippen LogP contribution in [0.3, 0.4) is 0 Å². The van der Waals surface area contributed by atoms with Crippen molar-refractivity contribution in [3.05, 3.63) is 35.4 Å². The fourth-order valence-electron chi connectivity index (χ4n) is 1.82. The first-order chi connectivity index (χ1) is 8.06. The van der Waals surface area contributed by atoms with Crippen LogP contribution >= 0.6 is 0 Å². The normalized spacial score (nSPS) is 13.7. The topological polar surface area (TPSA) is 49.3 Å². The zero-order valence-electron chi connectivity index (χ0n) is 10.2. The lowest BCUT2D eigenvalue weighted by molar-refractivity contribution is -0.145. The fraction of sp³-hybridized carbons (Fsp3) is 0.357. The highest BCUT2D eigenvalue weighted by atomic mass is 16.4. The van der Waals surface area contributed by atoms with Crippen LogP contribution in [0.25, 0.3) is 0 Å². The van der Waals surface area contributed by atoms with E-state index in [4.69, 9.17) is 6.42 Å². The Morgan fingerprint density at radius 2 is 2.06 bits per heavy atom. The summed E-state index contributed by atoms with van der Waals surface area (Å²) in [7, 11) is 0. The van der Waals surface area contributed by atoms with Gasteiger partial charge in [0.05, 0.1) is 6.54 Å². The summed E-state index contributed by atoms with van der Waals surface area (Å²) in [6.07, 6.45) is 5.62. The van der Waals surface area contributed by atoms with Gasteiger partial charge in [-0.05, 0) is 18.9 Å². The van der Waals surface area contributed by atoms with Crippen molar-refractivity contribution in [2.24, 2.45) is 0 Å². The van der Waals surface area contributed by atoms with Gasteiger partial charge in [-0.2, -0.15) is 0 Å². The molecule has 3 nitrogen and oxygen atoms in total. The predicted molar refractivity (Wildman–Crippen MR) is 67.6 cm³/mol. The van der Waals surface area contributed by atoms with E-state index in [9.17, 15) is 9.90 Å².